The molecule has 2 unspecified atom stereocenters. The van der Waals surface area contributed by atoms with E-state index in [4.69, 9.17) is 4.74 Å². The van der Waals surface area contributed by atoms with Crippen LogP contribution in [-0.2, 0) is 0 Å². The highest BCUT2D eigenvalue weighted by Gasteiger charge is 2.25. The number of nitrogens with zero attached hydrogens (tertiary/aromatic N) is 1. The van der Waals surface area contributed by atoms with E-state index in [1.165, 1.54) is 11.8 Å². The SMILES string of the molecule is N#CC1CCCCCC1Oc1ccc2cc(Br)ccc2c1. The van der Waals surface area contributed by atoms with E-state index in [1.807, 2.05) is 12.1 Å². The van der Waals surface area contributed by atoms with E-state index < -0.39 is 0 Å². The summed E-state index contributed by atoms with van der Waals surface area (Å²) < 4.78 is 7.22. The van der Waals surface area contributed by atoms with E-state index in [9.17, 15) is 5.26 Å². The van der Waals surface area contributed by atoms with Gasteiger partial charge < -0.3 is 4.74 Å². The second-order valence-electron chi connectivity index (χ2n) is 5.68. The lowest BCUT2D eigenvalue weighted by Crippen LogP contribution is -2.24. The van der Waals surface area contributed by atoms with Crippen molar-refractivity contribution in [1.29, 1.82) is 5.26 Å². The van der Waals surface area contributed by atoms with E-state index >= 15 is 0 Å². The van der Waals surface area contributed by atoms with Crippen LogP contribution in [0.3, 0.4) is 0 Å². The van der Waals surface area contributed by atoms with Crippen LogP contribution in [0.5, 0.6) is 5.75 Å². The molecule has 0 aliphatic heterocycles. The lowest BCUT2D eigenvalue weighted by molar-refractivity contribution is 0.152. The number of halogens is 1. The second kappa shape index (κ2) is 6.49. The van der Waals surface area contributed by atoms with Crippen molar-refractivity contribution in [3.8, 4) is 11.8 Å². The number of rotatable bonds is 2. The number of hydrogen-bond acceptors (Lipinski definition) is 2. The third-order valence-electron chi connectivity index (χ3n) is 4.18. The maximum Gasteiger partial charge on any atom is 0.120 e. The van der Waals surface area contributed by atoms with Gasteiger partial charge in [0.15, 0.2) is 0 Å². The van der Waals surface area contributed by atoms with Gasteiger partial charge in [0.1, 0.15) is 11.9 Å². The smallest absolute Gasteiger partial charge is 0.120 e. The van der Waals surface area contributed by atoms with E-state index in [-0.39, 0.29) is 12.0 Å². The molecule has 2 aromatic carbocycles. The van der Waals surface area contributed by atoms with Gasteiger partial charge in [-0.1, -0.05) is 40.9 Å². The van der Waals surface area contributed by atoms with Gasteiger partial charge in [-0.25, -0.2) is 0 Å². The fourth-order valence-corrected chi connectivity index (χ4v) is 3.38. The summed E-state index contributed by atoms with van der Waals surface area (Å²) in [7, 11) is 0. The molecule has 2 atom stereocenters. The first-order chi connectivity index (χ1) is 10.3. The van der Waals surface area contributed by atoms with Crippen LogP contribution >= 0.6 is 15.9 Å². The van der Waals surface area contributed by atoms with Gasteiger partial charge in [-0.2, -0.15) is 5.26 Å². The first-order valence-corrected chi connectivity index (χ1v) is 8.31. The van der Waals surface area contributed by atoms with E-state index in [0.717, 1.165) is 41.3 Å². The van der Waals surface area contributed by atoms with Crippen LogP contribution < -0.4 is 4.74 Å². The lowest BCUT2D eigenvalue weighted by atomic mass is 9.99. The first-order valence-electron chi connectivity index (χ1n) is 7.52. The minimum atomic E-state index is 0.0214. The average Bonchev–Trinajstić information content (AvgIpc) is 2.72. The van der Waals surface area contributed by atoms with Gasteiger partial charge in [-0.3, -0.25) is 0 Å². The summed E-state index contributed by atoms with van der Waals surface area (Å²) in [6.45, 7) is 0. The fraction of sp³-hybridized carbons (Fsp3) is 0.389. The average molecular weight is 344 g/mol. The summed E-state index contributed by atoms with van der Waals surface area (Å²) >= 11 is 3.49. The Kier molecular flexibility index (Phi) is 4.45. The number of ether oxygens (including phenoxy) is 1. The third kappa shape index (κ3) is 3.39. The van der Waals surface area contributed by atoms with Crippen LogP contribution in [0.2, 0.25) is 0 Å². The number of fused-ring (bicyclic) bond motifs is 1. The van der Waals surface area contributed by atoms with E-state index in [2.05, 4.69) is 46.3 Å². The molecule has 0 aromatic heterocycles. The molecule has 3 rings (SSSR count). The summed E-state index contributed by atoms with van der Waals surface area (Å²) in [5.74, 6) is 0.894. The van der Waals surface area contributed by atoms with Gasteiger partial charge in [0, 0.05) is 4.47 Å². The molecule has 0 bridgehead atoms. The molecule has 0 radical (unpaired) electrons. The van der Waals surface area contributed by atoms with Crippen LogP contribution in [0.1, 0.15) is 32.1 Å². The molecule has 21 heavy (non-hydrogen) atoms. The van der Waals surface area contributed by atoms with Crippen molar-refractivity contribution in [2.75, 3.05) is 0 Å². The molecule has 2 aromatic rings. The van der Waals surface area contributed by atoms with Gasteiger partial charge >= 0.3 is 0 Å². The topological polar surface area (TPSA) is 33.0 Å². The molecule has 108 valence electrons. The molecule has 2 nitrogen and oxygen atoms in total. The minimum absolute atomic E-state index is 0.0214. The highest BCUT2D eigenvalue weighted by atomic mass is 79.9. The number of hydrogen-bond donors (Lipinski definition) is 0. The Balaban J connectivity index is 1.83. The van der Waals surface area contributed by atoms with Gasteiger partial charge in [0.05, 0.1) is 12.0 Å². The molecule has 1 aliphatic carbocycles. The molecule has 0 heterocycles. The summed E-state index contributed by atoms with van der Waals surface area (Å²) in [6, 6.07) is 14.8. The monoisotopic (exact) mass is 343 g/mol. The Hall–Kier alpha value is -1.53. The van der Waals surface area contributed by atoms with Crippen molar-refractivity contribution in [1.82, 2.24) is 0 Å². The number of nitriles is 1. The molecule has 1 saturated carbocycles. The van der Waals surface area contributed by atoms with Gasteiger partial charge in [0.2, 0.25) is 0 Å². The standard InChI is InChI=1S/C18H18BrNO/c19-16-8-6-14-11-17(9-7-13(14)10-16)21-18-5-3-1-2-4-15(18)12-20/h6-11,15,18H,1-5H2. The Morgan fingerprint density at radius 1 is 1.00 bits per heavy atom. The second-order valence-corrected chi connectivity index (χ2v) is 6.60. The zero-order valence-electron chi connectivity index (χ0n) is 11.9. The predicted octanol–water partition coefficient (Wildman–Crippen LogP) is 5.45. The van der Waals surface area contributed by atoms with E-state index in [0.29, 0.717) is 0 Å². The summed E-state index contributed by atoms with van der Waals surface area (Å²) in [4.78, 5) is 0. The van der Waals surface area contributed by atoms with Crippen molar-refractivity contribution < 1.29 is 4.74 Å². The Labute approximate surface area is 133 Å². The maximum absolute atomic E-state index is 9.33. The highest BCUT2D eigenvalue weighted by Crippen LogP contribution is 2.29. The molecular weight excluding hydrogens is 326 g/mol. The third-order valence-corrected chi connectivity index (χ3v) is 4.67. The van der Waals surface area contributed by atoms with Crippen LogP contribution in [0, 0.1) is 17.2 Å². The zero-order valence-corrected chi connectivity index (χ0v) is 13.5. The molecule has 3 heteroatoms. The van der Waals surface area contributed by atoms with Gasteiger partial charge in [-0.05, 0) is 54.3 Å². The molecule has 0 spiro atoms. The van der Waals surface area contributed by atoms with E-state index in [1.54, 1.807) is 0 Å². The zero-order chi connectivity index (χ0) is 14.7. The van der Waals surface area contributed by atoms with Crippen LogP contribution in [0.4, 0.5) is 0 Å². The highest BCUT2D eigenvalue weighted by molar-refractivity contribution is 9.10. The van der Waals surface area contributed by atoms with Crippen molar-refractivity contribution in [2.45, 2.75) is 38.2 Å². The van der Waals surface area contributed by atoms with Crippen molar-refractivity contribution >= 4 is 26.7 Å². The largest absolute Gasteiger partial charge is 0.489 e. The Morgan fingerprint density at radius 3 is 2.62 bits per heavy atom. The maximum atomic E-state index is 9.33. The molecule has 1 fully saturated rings. The van der Waals surface area contributed by atoms with Gasteiger partial charge in [-0.15, -0.1) is 0 Å². The fourth-order valence-electron chi connectivity index (χ4n) is 3.01. The first kappa shape index (κ1) is 14.4. The molecule has 0 amide bonds. The van der Waals surface area contributed by atoms with Crippen molar-refractivity contribution in [3.05, 3.63) is 40.9 Å². The van der Waals surface area contributed by atoms with Crippen LogP contribution in [-0.4, -0.2) is 6.10 Å². The Morgan fingerprint density at radius 2 is 1.76 bits per heavy atom. The Bertz CT molecular complexity index is 676. The normalized spacial score (nSPS) is 22.5. The molecule has 0 saturated heterocycles. The molecule has 1 aliphatic rings. The molecular formula is C18H18BrNO. The summed E-state index contributed by atoms with van der Waals surface area (Å²) in [6.07, 6.45) is 5.49. The van der Waals surface area contributed by atoms with Crippen LogP contribution in [0.25, 0.3) is 10.8 Å². The molecule has 0 N–H and O–H groups in total. The quantitative estimate of drug-likeness (QED) is 0.678. The van der Waals surface area contributed by atoms with Crippen LogP contribution in [0.15, 0.2) is 40.9 Å². The van der Waals surface area contributed by atoms with Gasteiger partial charge in [0.25, 0.3) is 0 Å². The number of benzene rings is 2. The van der Waals surface area contributed by atoms with Crippen molar-refractivity contribution in [2.24, 2.45) is 5.92 Å². The van der Waals surface area contributed by atoms with Crippen molar-refractivity contribution in [3.63, 3.8) is 0 Å². The summed E-state index contributed by atoms with van der Waals surface area (Å²) in [5, 5.41) is 11.7. The lowest BCUT2D eigenvalue weighted by Gasteiger charge is -2.21. The summed E-state index contributed by atoms with van der Waals surface area (Å²) in [5.41, 5.74) is 0. The predicted molar refractivity (Wildman–Crippen MR) is 88.3 cm³/mol. The minimum Gasteiger partial charge on any atom is -0.489 e.